The van der Waals surface area contributed by atoms with Crippen molar-refractivity contribution in [1.82, 2.24) is 14.6 Å². The third-order valence-corrected chi connectivity index (χ3v) is 3.31. The highest BCUT2D eigenvalue weighted by Crippen LogP contribution is 2.21. The maximum absolute atomic E-state index is 11.3. The molecule has 0 saturated carbocycles. The van der Waals surface area contributed by atoms with Gasteiger partial charge in [0, 0.05) is 13.5 Å². The first-order valence-corrected chi connectivity index (χ1v) is 6.44. The van der Waals surface area contributed by atoms with Gasteiger partial charge in [-0.25, -0.2) is 9.78 Å². The van der Waals surface area contributed by atoms with Crippen LogP contribution < -0.4 is 0 Å². The van der Waals surface area contributed by atoms with Crippen LogP contribution in [0.1, 0.15) is 35.0 Å². The number of fused-ring (bicyclic) bond motifs is 1. The zero-order valence-electron chi connectivity index (χ0n) is 10.5. The number of aromatic carboxylic acids is 1. The summed E-state index contributed by atoms with van der Waals surface area (Å²) in [6.07, 6.45) is 0.826. The summed E-state index contributed by atoms with van der Waals surface area (Å²) >= 11 is 1.43. The van der Waals surface area contributed by atoms with Gasteiger partial charge in [-0.05, 0) is 5.92 Å². The summed E-state index contributed by atoms with van der Waals surface area (Å²) in [4.78, 5) is 16.1. The number of ether oxygens (including phenoxy) is 1. The predicted octanol–water partition coefficient (Wildman–Crippen LogP) is 1.83. The minimum atomic E-state index is -1.03. The monoisotopic (exact) mass is 269 g/mol. The summed E-state index contributed by atoms with van der Waals surface area (Å²) in [5.74, 6) is -0.552. The topological polar surface area (TPSA) is 76.7 Å². The molecule has 2 heterocycles. The van der Waals surface area contributed by atoms with Crippen molar-refractivity contribution in [2.45, 2.75) is 26.9 Å². The van der Waals surface area contributed by atoms with Gasteiger partial charge in [0.15, 0.2) is 5.69 Å². The van der Waals surface area contributed by atoms with E-state index in [9.17, 15) is 9.90 Å². The quantitative estimate of drug-likeness (QED) is 0.896. The van der Waals surface area contributed by atoms with E-state index in [4.69, 9.17) is 4.74 Å². The summed E-state index contributed by atoms with van der Waals surface area (Å²) in [5, 5.41) is 14.4. The summed E-state index contributed by atoms with van der Waals surface area (Å²) in [6.45, 7) is 4.37. The molecule has 2 rings (SSSR count). The predicted molar refractivity (Wildman–Crippen MR) is 67.1 cm³/mol. The zero-order chi connectivity index (χ0) is 13.3. The Balaban J connectivity index is 2.48. The van der Waals surface area contributed by atoms with E-state index in [0.29, 0.717) is 16.6 Å². The first kappa shape index (κ1) is 13.0. The first-order chi connectivity index (χ1) is 8.52. The highest BCUT2D eigenvalue weighted by atomic mass is 32.1. The van der Waals surface area contributed by atoms with Gasteiger partial charge in [-0.15, -0.1) is 0 Å². The van der Waals surface area contributed by atoms with Crippen molar-refractivity contribution >= 4 is 22.3 Å². The second-order valence-corrected chi connectivity index (χ2v) is 5.47. The minimum Gasteiger partial charge on any atom is -0.476 e. The van der Waals surface area contributed by atoms with Gasteiger partial charge in [-0.3, -0.25) is 0 Å². The van der Waals surface area contributed by atoms with Crippen LogP contribution in [0.15, 0.2) is 0 Å². The smallest absolute Gasteiger partial charge is 0.356 e. The SMILES string of the molecule is COCc1nc2sc(CC(C)C)nn2c1C(=O)O. The molecule has 0 aliphatic rings. The number of imidazole rings is 1. The van der Waals surface area contributed by atoms with E-state index in [0.717, 1.165) is 11.4 Å². The largest absolute Gasteiger partial charge is 0.476 e. The molecule has 0 aliphatic heterocycles. The molecule has 0 bridgehead atoms. The second-order valence-electron chi connectivity index (χ2n) is 4.43. The maximum atomic E-state index is 11.3. The van der Waals surface area contributed by atoms with E-state index in [2.05, 4.69) is 23.9 Å². The van der Waals surface area contributed by atoms with E-state index >= 15 is 0 Å². The molecule has 2 aromatic heterocycles. The number of aromatic nitrogens is 3. The zero-order valence-corrected chi connectivity index (χ0v) is 11.3. The fourth-order valence-electron chi connectivity index (χ4n) is 1.71. The van der Waals surface area contributed by atoms with Crippen LogP contribution in [0.5, 0.6) is 0 Å². The lowest BCUT2D eigenvalue weighted by Gasteiger charge is -1.99. The average molecular weight is 269 g/mol. The van der Waals surface area contributed by atoms with E-state index in [1.807, 2.05) is 0 Å². The molecule has 0 fully saturated rings. The molecule has 6 nitrogen and oxygen atoms in total. The number of nitrogens with zero attached hydrogens (tertiary/aromatic N) is 3. The maximum Gasteiger partial charge on any atom is 0.356 e. The molecule has 0 radical (unpaired) electrons. The molecule has 18 heavy (non-hydrogen) atoms. The first-order valence-electron chi connectivity index (χ1n) is 5.62. The lowest BCUT2D eigenvalue weighted by atomic mass is 10.1. The van der Waals surface area contributed by atoms with Gasteiger partial charge in [-0.2, -0.15) is 9.61 Å². The standard InChI is InChI=1S/C11H15N3O3S/c1-6(2)4-8-13-14-9(10(15)16)7(5-17-3)12-11(14)18-8/h6H,4-5H2,1-3H3,(H,15,16). The molecule has 0 atom stereocenters. The van der Waals surface area contributed by atoms with Gasteiger partial charge >= 0.3 is 5.97 Å². The lowest BCUT2D eigenvalue weighted by molar-refractivity contribution is 0.0682. The third kappa shape index (κ3) is 2.37. The van der Waals surface area contributed by atoms with E-state index in [1.165, 1.54) is 23.0 Å². The summed E-state index contributed by atoms with van der Waals surface area (Å²) in [6, 6.07) is 0. The number of methoxy groups -OCH3 is 1. The Morgan fingerprint density at radius 2 is 2.28 bits per heavy atom. The molecule has 0 aliphatic carbocycles. The Labute approximate surface area is 108 Å². The molecular weight excluding hydrogens is 254 g/mol. The molecule has 0 saturated heterocycles. The van der Waals surface area contributed by atoms with Crippen molar-refractivity contribution in [2.75, 3.05) is 7.11 Å². The molecule has 0 amide bonds. The van der Waals surface area contributed by atoms with Crippen molar-refractivity contribution in [1.29, 1.82) is 0 Å². The summed E-state index contributed by atoms with van der Waals surface area (Å²) in [7, 11) is 1.51. The van der Waals surface area contributed by atoms with Crippen molar-refractivity contribution in [3.63, 3.8) is 0 Å². The van der Waals surface area contributed by atoms with Crippen LogP contribution in [0.25, 0.3) is 4.96 Å². The number of hydrogen-bond donors (Lipinski definition) is 1. The molecular formula is C11H15N3O3S. The van der Waals surface area contributed by atoms with Crippen LogP contribution in [0.3, 0.4) is 0 Å². The third-order valence-electron chi connectivity index (χ3n) is 2.38. The molecule has 0 unspecified atom stereocenters. The number of hydrogen-bond acceptors (Lipinski definition) is 5. The minimum absolute atomic E-state index is 0.0955. The highest BCUT2D eigenvalue weighted by Gasteiger charge is 2.21. The molecule has 1 N–H and O–H groups in total. The van der Waals surface area contributed by atoms with E-state index in [1.54, 1.807) is 0 Å². The van der Waals surface area contributed by atoms with Gasteiger partial charge in [-0.1, -0.05) is 25.2 Å². The van der Waals surface area contributed by atoms with Crippen molar-refractivity contribution < 1.29 is 14.6 Å². The fourth-order valence-corrected chi connectivity index (χ4v) is 2.84. The Bertz CT molecular complexity index is 573. The number of carboxylic acids is 1. The Morgan fingerprint density at radius 3 is 2.83 bits per heavy atom. The van der Waals surface area contributed by atoms with Crippen molar-refractivity contribution in [2.24, 2.45) is 5.92 Å². The molecule has 2 aromatic rings. The van der Waals surface area contributed by atoms with Gasteiger partial charge in [0.25, 0.3) is 0 Å². The Hall–Kier alpha value is -1.47. The fraction of sp³-hybridized carbons (Fsp3) is 0.545. The van der Waals surface area contributed by atoms with Crippen LogP contribution in [-0.4, -0.2) is 32.8 Å². The lowest BCUT2D eigenvalue weighted by Crippen LogP contribution is -2.07. The second kappa shape index (κ2) is 5.03. The summed E-state index contributed by atoms with van der Waals surface area (Å²) < 4.78 is 6.35. The van der Waals surface area contributed by atoms with Gasteiger partial charge < -0.3 is 9.84 Å². The molecule has 98 valence electrons. The highest BCUT2D eigenvalue weighted by molar-refractivity contribution is 7.16. The summed E-state index contributed by atoms with van der Waals surface area (Å²) in [5.41, 5.74) is 0.512. The van der Waals surface area contributed by atoms with Gasteiger partial charge in [0.2, 0.25) is 4.96 Å². The van der Waals surface area contributed by atoms with Crippen molar-refractivity contribution in [3.05, 3.63) is 16.4 Å². The Kier molecular flexibility index (Phi) is 3.63. The van der Waals surface area contributed by atoms with E-state index in [-0.39, 0.29) is 12.3 Å². The van der Waals surface area contributed by atoms with Crippen LogP contribution in [0, 0.1) is 5.92 Å². The van der Waals surface area contributed by atoms with Crippen LogP contribution >= 0.6 is 11.3 Å². The van der Waals surface area contributed by atoms with Crippen molar-refractivity contribution in [3.8, 4) is 0 Å². The van der Waals surface area contributed by atoms with Crippen LogP contribution in [0.2, 0.25) is 0 Å². The van der Waals surface area contributed by atoms with E-state index < -0.39 is 5.97 Å². The van der Waals surface area contributed by atoms with Gasteiger partial charge in [0.05, 0.1) is 6.61 Å². The molecule has 7 heteroatoms. The normalized spacial score (nSPS) is 11.6. The molecule has 0 spiro atoms. The van der Waals surface area contributed by atoms with Crippen LogP contribution in [-0.2, 0) is 17.8 Å². The number of carboxylic acid groups (broad SMARTS) is 1. The Morgan fingerprint density at radius 1 is 1.56 bits per heavy atom. The molecule has 0 aromatic carbocycles. The van der Waals surface area contributed by atoms with Crippen LogP contribution in [0.4, 0.5) is 0 Å². The van der Waals surface area contributed by atoms with Gasteiger partial charge in [0.1, 0.15) is 10.7 Å². The number of carbonyl (C=O) groups is 1. The average Bonchev–Trinajstić information content (AvgIpc) is 2.72. The number of rotatable bonds is 5.